The monoisotopic (exact) mass is 470 g/mol. The van der Waals surface area contributed by atoms with Crippen LogP contribution in [0.5, 0.6) is 5.75 Å². The van der Waals surface area contributed by atoms with Crippen LogP contribution in [0.1, 0.15) is 31.2 Å². The number of rotatable bonds is 7. The molecule has 2 aromatic carbocycles. The van der Waals surface area contributed by atoms with Crippen molar-refractivity contribution in [3.63, 3.8) is 0 Å². The maximum Gasteiger partial charge on any atom is 0.243 e. The number of aromatic nitrogens is 1. The average Bonchev–Trinajstić information content (AvgIpc) is 3.11. The third-order valence-corrected chi connectivity index (χ3v) is 8.01. The first-order chi connectivity index (χ1) is 15.6. The van der Waals surface area contributed by atoms with Gasteiger partial charge in [-0.05, 0) is 54.8 Å². The van der Waals surface area contributed by atoms with Crippen molar-refractivity contribution in [2.24, 2.45) is 5.10 Å². The maximum atomic E-state index is 12.9. The van der Waals surface area contributed by atoms with Crippen molar-refractivity contribution in [3.8, 4) is 17.0 Å². The molecule has 1 aliphatic rings. The summed E-state index contributed by atoms with van der Waals surface area (Å²) in [5.41, 5.74) is 5.52. The Kier molecular flexibility index (Phi) is 7.19. The summed E-state index contributed by atoms with van der Waals surface area (Å²) < 4.78 is 32.6. The molecule has 9 heteroatoms. The zero-order chi connectivity index (χ0) is 22.4. The van der Waals surface area contributed by atoms with Crippen LogP contribution in [0.3, 0.4) is 0 Å². The van der Waals surface area contributed by atoms with E-state index in [0.717, 1.165) is 48.3 Å². The SMILES string of the molecule is COc1ccc(C=NNc2nc(-c3ccc(S(=O)(=O)N4CCCCCC4)cc3)cs2)cc1. The van der Waals surface area contributed by atoms with Gasteiger partial charge in [-0.15, -0.1) is 11.3 Å². The Morgan fingerprint density at radius 2 is 1.72 bits per heavy atom. The van der Waals surface area contributed by atoms with Crippen molar-refractivity contribution in [2.45, 2.75) is 30.6 Å². The van der Waals surface area contributed by atoms with E-state index in [4.69, 9.17) is 4.74 Å². The molecule has 1 aromatic heterocycles. The fourth-order valence-corrected chi connectivity index (χ4v) is 5.72. The third-order valence-electron chi connectivity index (χ3n) is 5.35. The van der Waals surface area contributed by atoms with Crippen molar-refractivity contribution in [3.05, 3.63) is 59.5 Å². The second-order valence-electron chi connectivity index (χ2n) is 7.52. The molecule has 0 unspecified atom stereocenters. The number of anilines is 1. The third kappa shape index (κ3) is 5.35. The van der Waals surface area contributed by atoms with E-state index in [9.17, 15) is 8.42 Å². The Morgan fingerprint density at radius 3 is 2.38 bits per heavy atom. The molecule has 0 amide bonds. The van der Waals surface area contributed by atoms with Gasteiger partial charge in [0.15, 0.2) is 0 Å². The molecule has 0 aliphatic carbocycles. The Hall–Kier alpha value is -2.75. The van der Waals surface area contributed by atoms with Crippen molar-refractivity contribution >= 4 is 32.7 Å². The first-order valence-electron chi connectivity index (χ1n) is 10.6. The van der Waals surface area contributed by atoms with Crippen LogP contribution < -0.4 is 10.2 Å². The van der Waals surface area contributed by atoms with Crippen LogP contribution in [-0.2, 0) is 10.0 Å². The number of methoxy groups -OCH3 is 1. The van der Waals surface area contributed by atoms with Gasteiger partial charge in [0.25, 0.3) is 0 Å². The Balaban J connectivity index is 1.41. The highest BCUT2D eigenvalue weighted by atomic mass is 32.2. The number of hydrogen-bond acceptors (Lipinski definition) is 7. The lowest BCUT2D eigenvalue weighted by Crippen LogP contribution is -2.31. The zero-order valence-electron chi connectivity index (χ0n) is 17.9. The van der Waals surface area contributed by atoms with Crippen molar-refractivity contribution in [1.82, 2.24) is 9.29 Å². The smallest absolute Gasteiger partial charge is 0.243 e. The summed E-state index contributed by atoms with van der Waals surface area (Å²) in [5.74, 6) is 0.796. The number of sulfonamides is 1. The quantitative estimate of drug-likeness (QED) is 0.395. The molecule has 0 spiro atoms. The lowest BCUT2D eigenvalue weighted by atomic mass is 10.2. The minimum absolute atomic E-state index is 0.334. The standard InChI is InChI=1S/C23H26N4O3S2/c1-30-20-10-6-18(7-11-20)16-24-26-23-25-22(17-31-23)19-8-12-21(13-9-19)32(28,29)27-14-4-2-3-5-15-27/h6-13,16-17H,2-5,14-15H2,1H3,(H,25,26). The summed E-state index contributed by atoms with van der Waals surface area (Å²) in [7, 11) is -1.81. The molecular formula is C23H26N4O3S2. The number of benzene rings is 2. The van der Waals surface area contributed by atoms with Gasteiger partial charge in [-0.25, -0.2) is 13.4 Å². The number of ether oxygens (including phenoxy) is 1. The van der Waals surface area contributed by atoms with Gasteiger partial charge in [0.05, 0.1) is 23.9 Å². The highest BCUT2D eigenvalue weighted by Crippen LogP contribution is 2.27. The van der Waals surface area contributed by atoms with Gasteiger partial charge >= 0.3 is 0 Å². The molecule has 7 nitrogen and oxygen atoms in total. The van der Waals surface area contributed by atoms with Crippen molar-refractivity contribution in [1.29, 1.82) is 0 Å². The topological polar surface area (TPSA) is 83.9 Å². The molecule has 1 fully saturated rings. The largest absolute Gasteiger partial charge is 0.497 e. The van der Waals surface area contributed by atoms with E-state index in [1.807, 2.05) is 41.8 Å². The van der Waals surface area contributed by atoms with E-state index >= 15 is 0 Å². The van der Waals surface area contributed by atoms with Crippen LogP contribution in [0, 0.1) is 0 Å². The molecule has 168 valence electrons. The van der Waals surface area contributed by atoms with E-state index < -0.39 is 10.0 Å². The average molecular weight is 471 g/mol. The van der Waals surface area contributed by atoms with E-state index in [0.29, 0.717) is 23.1 Å². The molecular weight excluding hydrogens is 444 g/mol. The number of hydrogen-bond donors (Lipinski definition) is 1. The molecule has 0 atom stereocenters. The molecule has 1 N–H and O–H groups in total. The van der Waals surface area contributed by atoms with Gasteiger partial charge in [-0.1, -0.05) is 25.0 Å². The van der Waals surface area contributed by atoms with Crippen molar-refractivity contribution in [2.75, 3.05) is 25.6 Å². The summed E-state index contributed by atoms with van der Waals surface area (Å²) in [6, 6.07) is 14.5. The minimum Gasteiger partial charge on any atom is -0.497 e. The summed E-state index contributed by atoms with van der Waals surface area (Å²) in [6.45, 7) is 1.20. The first-order valence-corrected chi connectivity index (χ1v) is 12.9. The summed E-state index contributed by atoms with van der Waals surface area (Å²) in [6.07, 6.45) is 5.74. The van der Waals surface area contributed by atoms with Crippen LogP contribution >= 0.6 is 11.3 Å². The number of nitrogens with zero attached hydrogens (tertiary/aromatic N) is 3. The Labute approximate surface area is 192 Å². The van der Waals surface area contributed by atoms with Crippen LogP contribution in [0.2, 0.25) is 0 Å². The second kappa shape index (κ2) is 10.2. The van der Waals surface area contributed by atoms with Gasteiger partial charge in [-0.3, -0.25) is 5.43 Å². The fraction of sp³-hybridized carbons (Fsp3) is 0.304. The van der Waals surface area contributed by atoms with Crippen LogP contribution in [0.15, 0.2) is 63.9 Å². The van der Waals surface area contributed by atoms with Gasteiger partial charge in [0.1, 0.15) is 5.75 Å². The van der Waals surface area contributed by atoms with E-state index in [1.54, 1.807) is 29.8 Å². The van der Waals surface area contributed by atoms with Crippen molar-refractivity contribution < 1.29 is 13.2 Å². The molecule has 3 aromatic rings. The number of thiazole rings is 1. The minimum atomic E-state index is -3.45. The number of hydrazone groups is 1. The highest BCUT2D eigenvalue weighted by Gasteiger charge is 2.25. The zero-order valence-corrected chi connectivity index (χ0v) is 19.5. The molecule has 0 saturated carbocycles. The van der Waals surface area contributed by atoms with Gasteiger partial charge in [0.2, 0.25) is 15.2 Å². The molecule has 4 rings (SSSR count). The Morgan fingerprint density at radius 1 is 1.03 bits per heavy atom. The molecule has 32 heavy (non-hydrogen) atoms. The predicted octanol–water partition coefficient (Wildman–Crippen LogP) is 4.83. The van der Waals surface area contributed by atoms with Gasteiger partial charge < -0.3 is 4.74 Å². The molecule has 1 aliphatic heterocycles. The predicted molar refractivity (Wildman–Crippen MR) is 129 cm³/mol. The lowest BCUT2D eigenvalue weighted by Gasteiger charge is -2.19. The first kappa shape index (κ1) is 22.4. The fourth-order valence-electron chi connectivity index (χ4n) is 3.54. The van der Waals surface area contributed by atoms with Gasteiger partial charge in [-0.2, -0.15) is 9.41 Å². The Bertz CT molecular complexity index is 1150. The second-order valence-corrected chi connectivity index (χ2v) is 10.3. The van der Waals surface area contributed by atoms with E-state index in [1.165, 1.54) is 11.3 Å². The van der Waals surface area contributed by atoms with Crippen LogP contribution in [-0.4, -0.2) is 44.1 Å². The maximum absolute atomic E-state index is 12.9. The van der Waals surface area contributed by atoms with Crippen LogP contribution in [0.25, 0.3) is 11.3 Å². The summed E-state index contributed by atoms with van der Waals surface area (Å²) in [5, 5.41) is 6.81. The van der Waals surface area contributed by atoms with Crippen LogP contribution in [0.4, 0.5) is 5.13 Å². The highest BCUT2D eigenvalue weighted by molar-refractivity contribution is 7.89. The molecule has 0 bridgehead atoms. The molecule has 1 saturated heterocycles. The normalized spacial score (nSPS) is 15.5. The van der Waals surface area contributed by atoms with E-state index in [2.05, 4.69) is 15.5 Å². The molecule has 2 heterocycles. The lowest BCUT2D eigenvalue weighted by molar-refractivity contribution is 0.415. The summed E-state index contributed by atoms with van der Waals surface area (Å²) in [4.78, 5) is 4.88. The van der Waals surface area contributed by atoms with Gasteiger partial charge in [0, 0.05) is 24.0 Å². The summed E-state index contributed by atoms with van der Waals surface area (Å²) >= 11 is 1.44. The number of nitrogens with one attached hydrogen (secondary N) is 1. The molecule has 0 radical (unpaired) electrons. The van der Waals surface area contributed by atoms with E-state index in [-0.39, 0.29) is 0 Å².